The molecule has 0 aliphatic carbocycles. The van der Waals surface area contributed by atoms with E-state index in [0.29, 0.717) is 0 Å². The molecule has 0 saturated heterocycles. The Kier molecular flexibility index (Phi) is 5.29. The normalized spacial score (nSPS) is 12.0. The van der Waals surface area contributed by atoms with Gasteiger partial charge < -0.3 is 15.2 Å². The lowest BCUT2D eigenvalue weighted by atomic mass is 10.1. The van der Waals surface area contributed by atoms with Gasteiger partial charge in [0.1, 0.15) is 6.04 Å². The number of hydrogen-bond donors (Lipinski definition) is 2. The van der Waals surface area contributed by atoms with E-state index in [-0.39, 0.29) is 11.7 Å². The zero-order chi connectivity index (χ0) is 14.4. The van der Waals surface area contributed by atoms with Gasteiger partial charge in [-0.2, -0.15) is 0 Å². The zero-order valence-electron chi connectivity index (χ0n) is 10.7. The Hall–Kier alpha value is -2.11. The fourth-order valence-electron chi connectivity index (χ4n) is 1.43. The zero-order valence-corrected chi connectivity index (χ0v) is 10.7. The minimum Gasteiger partial charge on any atom is -0.481 e. The third-order valence-electron chi connectivity index (χ3n) is 2.44. The standard InChI is InChI=1S/C13H16FNO4/c1-8(2)12(13(17)18)15-11(16)7-19-10-6-4-3-5-9(10)14/h3-6,8,12H,7H2,1-2H3,(H,15,16)(H,17,18)/t12-/m1/s1. The Labute approximate surface area is 110 Å². The van der Waals surface area contributed by atoms with Crippen LogP contribution >= 0.6 is 0 Å². The Morgan fingerprint density at radius 1 is 1.37 bits per heavy atom. The molecule has 0 fully saturated rings. The molecule has 0 unspecified atom stereocenters. The number of para-hydroxylation sites is 1. The summed E-state index contributed by atoms with van der Waals surface area (Å²) in [6.45, 7) is 2.92. The predicted octanol–water partition coefficient (Wildman–Crippen LogP) is 1.43. The minimum atomic E-state index is -1.12. The number of aliphatic carboxylic acids is 1. The molecular weight excluding hydrogens is 253 g/mol. The second kappa shape index (κ2) is 6.72. The Bertz CT molecular complexity index is 462. The monoisotopic (exact) mass is 269 g/mol. The SMILES string of the molecule is CC(C)[C@@H](NC(=O)COc1ccccc1F)C(=O)O. The lowest BCUT2D eigenvalue weighted by Gasteiger charge is -2.18. The largest absolute Gasteiger partial charge is 0.481 e. The fourth-order valence-corrected chi connectivity index (χ4v) is 1.43. The van der Waals surface area contributed by atoms with Gasteiger partial charge in [-0.3, -0.25) is 4.79 Å². The van der Waals surface area contributed by atoms with E-state index >= 15 is 0 Å². The summed E-state index contributed by atoms with van der Waals surface area (Å²) in [6, 6.07) is 4.68. The molecule has 0 bridgehead atoms. The highest BCUT2D eigenvalue weighted by molar-refractivity contribution is 5.84. The number of carboxylic acid groups (broad SMARTS) is 1. The topological polar surface area (TPSA) is 75.6 Å². The van der Waals surface area contributed by atoms with Crippen molar-refractivity contribution in [3.05, 3.63) is 30.1 Å². The molecule has 1 atom stereocenters. The van der Waals surface area contributed by atoms with Gasteiger partial charge in [0.15, 0.2) is 18.2 Å². The van der Waals surface area contributed by atoms with Gasteiger partial charge in [0.2, 0.25) is 0 Å². The van der Waals surface area contributed by atoms with Crippen LogP contribution in [0.5, 0.6) is 5.75 Å². The van der Waals surface area contributed by atoms with E-state index in [1.165, 1.54) is 18.2 Å². The molecule has 0 radical (unpaired) electrons. The van der Waals surface area contributed by atoms with Crippen molar-refractivity contribution in [1.29, 1.82) is 0 Å². The van der Waals surface area contributed by atoms with Gasteiger partial charge in [-0.25, -0.2) is 9.18 Å². The van der Waals surface area contributed by atoms with Gasteiger partial charge >= 0.3 is 5.97 Å². The quantitative estimate of drug-likeness (QED) is 0.819. The molecule has 1 amide bonds. The molecule has 0 aliphatic rings. The molecule has 6 heteroatoms. The van der Waals surface area contributed by atoms with Crippen LogP contribution in [0.15, 0.2) is 24.3 Å². The van der Waals surface area contributed by atoms with Crippen LogP contribution in [0, 0.1) is 11.7 Å². The van der Waals surface area contributed by atoms with Crippen molar-refractivity contribution in [3.8, 4) is 5.75 Å². The van der Waals surface area contributed by atoms with Crippen molar-refractivity contribution in [2.24, 2.45) is 5.92 Å². The Morgan fingerprint density at radius 2 is 2.00 bits per heavy atom. The second-order valence-corrected chi connectivity index (χ2v) is 4.35. The third kappa shape index (κ3) is 4.57. The number of amides is 1. The van der Waals surface area contributed by atoms with E-state index in [4.69, 9.17) is 9.84 Å². The summed E-state index contributed by atoms with van der Waals surface area (Å²) in [4.78, 5) is 22.4. The first-order valence-corrected chi connectivity index (χ1v) is 5.81. The van der Waals surface area contributed by atoms with Crippen molar-refractivity contribution in [3.63, 3.8) is 0 Å². The van der Waals surface area contributed by atoms with Gasteiger partial charge in [-0.1, -0.05) is 26.0 Å². The van der Waals surface area contributed by atoms with Crippen LogP contribution in [0.3, 0.4) is 0 Å². The van der Waals surface area contributed by atoms with E-state index < -0.39 is 30.3 Å². The molecule has 19 heavy (non-hydrogen) atoms. The maximum absolute atomic E-state index is 13.2. The van der Waals surface area contributed by atoms with Gasteiger partial charge in [0.05, 0.1) is 0 Å². The van der Waals surface area contributed by atoms with Crippen LogP contribution < -0.4 is 10.1 Å². The number of carboxylic acids is 1. The molecule has 5 nitrogen and oxygen atoms in total. The smallest absolute Gasteiger partial charge is 0.326 e. The number of carbonyl (C=O) groups excluding carboxylic acids is 1. The first-order valence-electron chi connectivity index (χ1n) is 5.81. The van der Waals surface area contributed by atoms with Gasteiger partial charge in [0.25, 0.3) is 5.91 Å². The summed E-state index contributed by atoms with van der Waals surface area (Å²) in [5.41, 5.74) is 0. The number of halogens is 1. The Balaban J connectivity index is 2.52. The molecule has 0 saturated carbocycles. The summed E-state index contributed by atoms with van der Waals surface area (Å²) in [6.07, 6.45) is 0. The highest BCUT2D eigenvalue weighted by atomic mass is 19.1. The fraction of sp³-hybridized carbons (Fsp3) is 0.385. The average Bonchev–Trinajstić information content (AvgIpc) is 2.34. The number of rotatable bonds is 6. The Morgan fingerprint density at radius 3 is 2.53 bits per heavy atom. The summed E-state index contributed by atoms with van der Waals surface area (Å²) in [5, 5.41) is 11.2. The highest BCUT2D eigenvalue weighted by Crippen LogP contribution is 2.14. The number of ether oxygens (including phenoxy) is 1. The lowest BCUT2D eigenvalue weighted by molar-refractivity contribution is -0.143. The third-order valence-corrected chi connectivity index (χ3v) is 2.44. The number of hydrogen-bond acceptors (Lipinski definition) is 3. The number of nitrogens with one attached hydrogen (secondary N) is 1. The lowest BCUT2D eigenvalue weighted by Crippen LogP contribution is -2.46. The van der Waals surface area contributed by atoms with Crippen molar-refractivity contribution in [2.45, 2.75) is 19.9 Å². The van der Waals surface area contributed by atoms with Gasteiger partial charge in [-0.05, 0) is 18.1 Å². The predicted molar refractivity (Wildman–Crippen MR) is 66.3 cm³/mol. The van der Waals surface area contributed by atoms with Crippen LogP contribution in [0.25, 0.3) is 0 Å². The molecule has 104 valence electrons. The van der Waals surface area contributed by atoms with Crippen molar-refractivity contribution in [2.75, 3.05) is 6.61 Å². The van der Waals surface area contributed by atoms with Crippen LogP contribution in [-0.2, 0) is 9.59 Å². The molecule has 0 aliphatic heterocycles. The molecular formula is C13H16FNO4. The van der Waals surface area contributed by atoms with E-state index in [2.05, 4.69) is 5.32 Å². The van der Waals surface area contributed by atoms with Crippen LogP contribution in [0.1, 0.15) is 13.8 Å². The van der Waals surface area contributed by atoms with E-state index in [1.54, 1.807) is 19.9 Å². The molecule has 0 heterocycles. The highest BCUT2D eigenvalue weighted by Gasteiger charge is 2.23. The number of benzene rings is 1. The van der Waals surface area contributed by atoms with Crippen molar-refractivity contribution < 1.29 is 23.8 Å². The van der Waals surface area contributed by atoms with Crippen LogP contribution in [0.4, 0.5) is 4.39 Å². The molecule has 2 N–H and O–H groups in total. The molecule has 1 aromatic carbocycles. The summed E-state index contributed by atoms with van der Waals surface area (Å²) in [7, 11) is 0. The summed E-state index contributed by atoms with van der Waals surface area (Å²) < 4.78 is 18.2. The van der Waals surface area contributed by atoms with E-state index in [1.807, 2.05) is 0 Å². The first kappa shape index (κ1) is 14.9. The van der Waals surface area contributed by atoms with Crippen LogP contribution in [-0.4, -0.2) is 29.6 Å². The van der Waals surface area contributed by atoms with E-state index in [9.17, 15) is 14.0 Å². The minimum absolute atomic E-state index is 0.0472. The van der Waals surface area contributed by atoms with E-state index in [0.717, 1.165) is 0 Å². The maximum Gasteiger partial charge on any atom is 0.326 e. The molecule has 0 spiro atoms. The van der Waals surface area contributed by atoms with Crippen LogP contribution in [0.2, 0.25) is 0 Å². The second-order valence-electron chi connectivity index (χ2n) is 4.35. The molecule has 1 aromatic rings. The maximum atomic E-state index is 13.2. The van der Waals surface area contributed by atoms with Gasteiger partial charge in [-0.15, -0.1) is 0 Å². The number of carbonyl (C=O) groups is 2. The average molecular weight is 269 g/mol. The van der Waals surface area contributed by atoms with Gasteiger partial charge in [0, 0.05) is 0 Å². The summed E-state index contributed by atoms with van der Waals surface area (Å²) in [5.74, 6) is -2.60. The first-order chi connectivity index (χ1) is 8.91. The van der Waals surface area contributed by atoms with Crippen molar-refractivity contribution >= 4 is 11.9 Å². The molecule has 0 aromatic heterocycles. The molecule has 1 rings (SSSR count). The van der Waals surface area contributed by atoms with Crippen molar-refractivity contribution in [1.82, 2.24) is 5.32 Å². The summed E-state index contributed by atoms with van der Waals surface area (Å²) >= 11 is 0.